The molecule has 0 bridgehead atoms. The molecule has 96 valence electrons. The second-order valence-corrected chi connectivity index (χ2v) is 5.49. The van der Waals surface area contributed by atoms with Gasteiger partial charge in [0.15, 0.2) is 0 Å². The average molecular weight is 265 g/mol. The van der Waals surface area contributed by atoms with Gasteiger partial charge < -0.3 is 10.2 Å². The van der Waals surface area contributed by atoms with Gasteiger partial charge in [-0.3, -0.25) is 4.79 Å². The fourth-order valence-electron chi connectivity index (χ4n) is 3.15. The van der Waals surface area contributed by atoms with E-state index >= 15 is 0 Å². The molecule has 2 aliphatic rings. The van der Waals surface area contributed by atoms with Crippen molar-refractivity contribution in [2.75, 3.05) is 13.1 Å². The summed E-state index contributed by atoms with van der Waals surface area (Å²) < 4.78 is 0. The summed E-state index contributed by atoms with van der Waals surface area (Å²) in [6, 6.07) is 6.54. The van der Waals surface area contributed by atoms with E-state index in [0.717, 1.165) is 30.1 Å². The summed E-state index contributed by atoms with van der Waals surface area (Å²) in [6.07, 6.45) is 1.63. The molecule has 4 heteroatoms. The van der Waals surface area contributed by atoms with Crippen molar-refractivity contribution in [3.05, 3.63) is 34.3 Å². The van der Waals surface area contributed by atoms with Crippen LogP contribution in [0.2, 0.25) is 5.02 Å². The number of halogens is 1. The molecule has 2 aliphatic heterocycles. The third-order valence-corrected chi connectivity index (χ3v) is 4.53. The molecule has 0 radical (unpaired) electrons. The van der Waals surface area contributed by atoms with E-state index in [1.807, 2.05) is 17.0 Å². The number of carbonyl (C=O) groups excluding carboxylic acids is 1. The number of hydrogen-bond acceptors (Lipinski definition) is 2. The topological polar surface area (TPSA) is 32.3 Å². The number of fused-ring (bicyclic) bond motifs is 1. The van der Waals surface area contributed by atoms with Crippen LogP contribution in [0.5, 0.6) is 0 Å². The van der Waals surface area contributed by atoms with E-state index in [2.05, 4.69) is 18.3 Å². The first-order valence-corrected chi connectivity index (χ1v) is 6.84. The normalized spacial score (nSPS) is 27.4. The van der Waals surface area contributed by atoms with Crippen LogP contribution in [0.3, 0.4) is 0 Å². The Balaban J connectivity index is 1.96. The summed E-state index contributed by atoms with van der Waals surface area (Å²) in [5.74, 6) is 0.297. The van der Waals surface area contributed by atoms with Crippen LogP contribution in [0.4, 0.5) is 0 Å². The van der Waals surface area contributed by atoms with Crippen molar-refractivity contribution in [3.63, 3.8) is 0 Å². The molecule has 1 N–H and O–H groups in total. The first-order chi connectivity index (χ1) is 8.68. The first-order valence-electron chi connectivity index (χ1n) is 6.46. The van der Waals surface area contributed by atoms with Crippen molar-refractivity contribution < 1.29 is 4.79 Å². The van der Waals surface area contributed by atoms with Gasteiger partial charge in [-0.05, 0) is 30.5 Å². The Hall–Kier alpha value is -1.06. The predicted molar refractivity (Wildman–Crippen MR) is 71.7 cm³/mol. The Morgan fingerprint density at radius 3 is 3.11 bits per heavy atom. The third kappa shape index (κ3) is 1.82. The Labute approximate surface area is 112 Å². The Morgan fingerprint density at radius 2 is 2.28 bits per heavy atom. The zero-order valence-corrected chi connectivity index (χ0v) is 11.2. The smallest absolute Gasteiger partial charge is 0.223 e. The van der Waals surface area contributed by atoms with E-state index in [4.69, 9.17) is 11.6 Å². The number of nitrogens with one attached hydrogen (secondary N) is 1. The van der Waals surface area contributed by atoms with E-state index in [-0.39, 0.29) is 6.04 Å². The maximum Gasteiger partial charge on any atom is 0.223 e. The summed E-state index contributed by atoms with van der Waals surface area (Å²) in [4.78, 5) is 13.8. The van der Waals surface area contributed by atoms with E-state index in [0.29, 0.717) is 18.4 Å². The Kier molecular flexibility index (Phi) is 3.04. The highest BCUT2D eigenvalue weighted by Crippen LogP contribution is 2.35. The largest absolute Gasteiger partial charge is 0.337 e. The third-order valence-electron chi connectivity index (χ3n) is 4.12. The summed E-state index contributed by atoms with van der Waals surface area (Å²) in [5.41, 5.74) is 2.35. The van der Waals surface area contributed by atoms with Crippen LogP contribution in [-0.4, -0.2) is 29.9 Å². The molecule has 0 aliphatic carbocycles. The lowest BCUT2D eigenvalue weighted by Gasteiger charge is -2.38. The number of rotatable bonds is 1. The molecule has 1 aromatic rings. The minimum Gasteiger partial charge on any atom is -0.337 e. The fraction of sp³-hybridized carbons (Fsp3) is 0.500. The molecule has 2 atom stereocenters. The van der Waals surface area contributed by atoms with Gasteiger partial charge in [0.25, 0.3) is 0 Å². The summed E-state index contributed by atoms with van der Waals surface area (Å²) in [7, 11) is 0. The van der Waals surface area contributed by atoms with Gasteiger partial charge in [0.2, 0.25) is 5.91 Å². The maximum atomic E-state index is 11.8. The monoisotopic (exact) mass is 264 g/mol. The standard InChI is InChI=1S/C14H17ClN2O/c1-9-10(3-2-4-11(9)15)14-12-5-6-13(18)17(12)8-7-16-14/h2-4,12,14,16H,5-8H2,1H3/t12-,14-/m0/s1. The lowest BCUT2D eigenvalue weighted by atomic mass is 9.92. The minimum atomic E-state index is 0.226. The first kappa shape index (κ1) is 12.0. The van der Waals surface area contributed by atoms with E-state index in [1.54, 1.807) is 0 Å². The molecular weight excluding hydrogens is 248 g/mol. The highest BCUT2D eigenvalue weighted by atomic mass is 35.5. The van der Waals surface area contributed by atoms with Crippen LogP contribution in [0.25, 0.3) is 0 Å². The number of benzene rings is 1. The predicted octanol–water partition coefficient (Wildman–Crippen LogP) is 2.28. The summed E-state index contributed by atoms with van der Waals surface area (Å²) >= 11 is 6.20. The molecule has 0 saturated carbocycles. The molecular formula is C14H17ClN2O. The SMILES string of the molecule is Cc1c(Cl)cccc1[C@@H]1NCCN2C(=O)CC[C@@H]12. The lowest BCUT2D eigenvalue weighted by molar-refractivity contribution is -0.130. The molecule has 3 nitrogen and oxygen atoms in total. The van der Waals surface area contributed by atoms with Crippen molar-refractivity contribution in [1.29, 1.82) is 0 Å². The number of amides is 1. The van der Waals surface area contributed by atoms with Crippen LogP contribution in [0.15, 0.2) is 18.2 Å². The van der Waals surface area contributed by atoms with Gasteiger partial charge >= 0.3 is 0 Å². The van der Waals surface area contributed by atoms with Gasteiger partial charge in [0.05, 0.1) is 12.1 Å². The number of piperazine rings is 1. The van der Waals surface area contributed by atoms with Gasteiger partial charge in [-0.15, -0.1) is 0 Å². The minimum absolute atomic E-state index is 0.226. The van der Waals surface area contributed by atoms with Gasteiger partial charge in [-0.25, -0.2) is 0 Å². The molecule has 2 heterocycles. The number of hydrogen-bond donors (Lipinski definition) is 1. The zero-order chi connectivity index (χ0) is 12.7. The molecule has 18 heavy (non-hydrogen) atoms. The van der Waals surface area contributed by atoms with Crippen molar-refractivity contribution in [2.24, 2.45) is 0 Å². The van der Waals surface area contributed by atoms with Gasteiger partial charge in [-0.2, -0.15) is 0 Å². The van der Waals surface area contributed by atoms with Crippen molar-refractivity contribution >= 4 is 17.5 Å². The molecule has 1 amide bonds. The van der Waals surface area contributed by atoms with Crippen LogP contribution in [0, 0.1) is 6.92 Å². The molecule has 0 unspecified atom stereocenters. The van der Waals surface area contributed by atoms with Crippen LogP contribution in [-0.2, 0) is 4.79 Å². The van der Waals surface area contributed by atoms with Gasteiger partial charge in [-0.1, -0.05) is 23.7 Å². The second-order valence-electron chi connectivity index (χ2n) is 5.08. The van der Waals surface area contributed by atoms with E-state index < -0.39 is 0 Å². The van der Waals surface area contributed by atoms with Crippen molar-refractivity contribution in [3.8, 4) is 0 Å². The fourth-order valence-corrected chi connectivity index (χ4v) is 3.33. The number of nitrogens with zero attached hydrogens (tertiary/aromatic N) is 1. The van der Waals surface area contributed by atoms with E-state index in [1.165, 1.54) is 5.56 Å². The van der Waals surface area contributed by atoms with Gasteiger partial charge in [0, 0.05) is 24.5 Å². The van der Waals surface area contributed by atoms with Gasteiger partial charge in [0.1, 0.15) is 0 Å². The second kappa shape index (κ2) is 4.56. The Morgan fingerprint density at radius 1 is 1.44 bits per heavy atom. The molecule has 1 aromatic carbocycles. The molecule has 2 fully saturated rings. The van der Waals surface area contributed by atoms with Crippen LogP contribution >= 0.6 is 11.6 Å². The van der Waals surface area contributed by atoms with E-state index in [9.17, 15) is 4.79 Å². The average Bonchev–Trinajstić information content (AvgIpc) is 2.75. The summed E-state index contributed by atoms with van der Waals surface area (Å²) in [5, 5.41) is 4.34. The van der Waals surface area contributed by atoms with Crippen LogP contribution in [0.1, 0.15) is 30.0 Å². The molecule has 0 spiro atoms. The highest BCUT2D eigenvalue weighted by molar-refractivity contribution is 6.31. The van der Waals surface area contributed by atoms with Crippen LogP contribution < -0.4 is 5.32 Å². The van der Waals surface area contributed by atoms with Crippen molar-refractivity contribution in [1.82, 2.24) is 10.2 Å². The maximum absolute atomic E-state index is 11.8. The molecule has 2 saturated heterocycles. The summed E-state index contributed by atoms with van der Waals surface area (Å²) in [6.45, 7) is 3.74. The highest BCUT2D eigenvalue weighted by Gasteiger charge is 2.39. The lowest BCUT2D eigenvalue weighted by Crippen LogP contribution is -2.51. The Bertz CT molecular complexity index is 489. The number of carbonyl (C=O) groups is 1. The zero-order valence-electron chi connectivity index (χ0n) is 10.4. The quantitative estimate of drug-likeness (QED) is 0.844. The van der Waals surface area contributed by atoms with Crippen molar-refractivity contribution in [2.45, 2.75) is 31.8 Å². The molecule has 0 aromatic heterocycles. The molecule has 3 rings (SSSR count).